The summed E-state index contributed by atoms with van der Waals surface area (Å²) < 4.78 is 52.5. The number of hydrogen-bond donors (Lipinski definition) is 1. The van der Waals surface area contributed by atoms with Gasteiger partial charge < -0.3 is 33.5 Å². The van der Waals surface area contributed by atoms with Crippen LogP contribution in [0.1, 0.15) is 50.9 Å². The molecule has 8 rings (SSSR count). The van der Waals surface area contributed by atoms with Crippen molar-refractivity contribution in [1.29, 1.82) is 0 Å². The van der Waals surface area contributed by atoms with Crippen molar-refractivity contribution in [3.63, 3.8) is 0 Å². The van der Waals surface area contributed by atoms with Gasteiger partial charge in [-0.05, 0) is 58.5 Å². The smallest absolute Gasteiger partial charge is 0.326 e. The third-order valence-corrected chi connectivity index (χ3v) is 10.8. The number of fused-ring (bicyclic) bond motifs is 3. The van der Waals surface area contributed by atoms with Gasteiger partial charge in [-0.2, -0.15) is 0 Å². The van der Waals surface area contributed by atoms with E-state index in [-0.39, 0.29) is 41.5 Å². The van der Waals surface area contributed by atoms with E-state index in [2.05, 4.69) is 52.5 Å². The summed E-state index contributed by atoms with van der Waals surface area (Å²) in [4.78, 5) is 31.6. The number of nitrogens with zero attached hydrogens (tertiary/aromatic N) is 6. The molecule has 4 fully saturated rings. The highest BCUT2D eigenvalue weighted by Crippen LogP contribution is 2.41. The third kappa shape index (κ3) is 5.48. The first-order valence-electron chi connectivity index (χ1n) is 16.9. The number of hydrogen-bond acceptors (Lipinski definition) is 11. The fraction of sp³-hybridized carbons (Fsp3) is 0.500. The molecule has 1 spiro atoms. The van der Waals surface area contributed by atoms with Crippen molar-refractivity contribution in [3.05, 3.63) is 47.9 Å². The molecule has 262 valence electrons. The number of alkyl halides is 2. The fourth-order valence-corrected chi connectivity index (χ4v) is 7.57. The molecule has 0 aliphatic carbocycles. The predicted molar refractivity (Wildman–Crippen MR) is 180 cm³/mol. The molecular formula is C36H38F2N6O6. The number of para-hydroxylation sites is 1. The third-order valence-electron chi connectivity index (χ3n) is 10.8. The fourth-order valence-electron chi connectivity index (χ4n) is 7.57. The van der Waals surface area contributed by atoms with E-state index in [9.17, 15) is 18.7 Å². The van der Waals surface area contributed by atoms with Gasteiger partial charge >= 0.3 is 5.97 Å². The molecule has 0 unspecified atom stereocenters. The second-order valence-electron chi connectivity index (χ2n) is 13.8. The SMILES string of the molecule is C[C@@H]1N(c2cc(C#C[C@]3(C)CCCN3C)cnc2O[C@H]2C[C@@H](C(=O)O)N(c3nc(C(F)F)nc4c3oc3ccccc34)C2)CCOC12COC2. The number of carbonyl (C=O) groups is 1. The first kappa shape index (κ1) is 32.6. The second kappa shape index (κ2) is 12.3. The molecule has 1 aromatic carbocycles. The zero-order valence-electron chi connectivity index (χ0n) is 28.1. The number of morpholine rings is 1. The van der Waals surface area contributed by atoms with Crippen LogP contribution < -0.4 is 14.5 Å². The van der Waals surface area contributed by atoms with Gasteiger partial charge in [-0.3, -0.25) is 4.90 Å². The van der Waals surface area contributed by atoms with Crippen molar-refractivity contribution >= 4 is 39.5 Å². The number of aliphatic carboxylic acids is 1. The van der Waals surface area contributed by atoms with E-state index in [1.54, 1.807) is 30.5 Å². The first-order chi connectivity index (χ1) is 24.0. The molecule has 4 atom stereocenters. The number of pyridine rings is 1. The maximum atomic E-state index is 14.1. The number of ether oxygens (including phenoxy) is 3. The van der Waals surface area contributed by atoms with Crippen LogP contribution in [0.15, 0.2) is 40.9 Å². The van der Waals surface area contributed by atoms with E-state index < -0.39 is 36.0 Å². The van der Waals surface area contributed by atoms with Gasteiger partial charge in [0, 0.05) is 30.1 Å². The summed E-state index contributed by atoms with van der Waals surface area (Å²) in [6, 6.07) is 7.71. The molecule has 7 heterocycles. The molecule has 0 bridgehead atoms. The minimum Gasteiger partial charge on any atom is -0.480 e. The van der Waals surface area contributed by atoms with E-state index in [0.717, 1.165) is 30.6 Å². The number of halogens is 2. The van der Waals surface area contributed by atoms with Crippen LogP contribution >= 0.6 is 0 Å². The number of aromatic nitrogens is 3. The number of carboxylic acid groups (broad SMARTS) is 1. The highest BCUT2D eigenvalue weighted by atomic mass is 19.3. The lowest BCUT2D eigenvalue weighted by Gasteiger charge is -2.53. The Kier molecular flexibility index (Phi) is 8.04. The van der Waals surface area contributed by atoms with Crippen LogP contribution in [0.2, 0.25) is 0 Å². The van der Waals surface area contributed by atoms with Crippen LogP contribution in [0.5, 0.6) is 5.88 Å². The van der Waals surface area contributed by atoms with E-state index in [1.165, 1.54) is 4.90 Å². The average molecular weight is 689 g/mol. The Morgan fingerprint density at radius 2 is 2.00 bits per heavy atom. The van der Waals surface area contributed by atoms with Gasteiger partial charge in [-0.15, -0.1) is 0 Å². The molecule has 4 aromatic rings. The quantitative estimate of drug-likeness (QED) is 0.284. The highest BCUT2D eigenvalue weighted by Gasteiger charge is 2.50. The van der Waals surface area contributed by atoms with Crippen LogP contribution in [-0.2, 0) is 14.3 Å². The largest absolute Gasteiger partial charge is 0.480 e. The van der Waals surface area contributed by atoms with Gasteiger partial charge in [-0.25, -0.2) is 28.5 Å². The van der Waals surface area contributed by atoms with E-state index in [4.69, 9.17) is 23.6 Å². The molecule has 12 nitrogen and oxygen atoms in total. The van der Waals surface area contributed by atoms with Crippen molar-refractivity contribution in [3.8, 4) is 17.7 Å². The van der Waals surface area contributed by atoms with Crippen LogP contribution in [0.3, 0.4) is 0 Å². The van der Waals surface area contributed by atoms with Crippen molar-refractivity contribution in [2.45, 2.75) is 68.9 Å². The number of benzene rings is 1. The number of anilines is 2. The molecule has 14 heteroatoms. The minimum atomic E-state index is -2.98. The Bertz CT molecular complexity index is 2030. The molecule has 0 saturated carbocycles. The van der Waals surface area contributed by atoms with Gasteiger partial charge in [0.15, 0.2) is 17.2 Å². The Morgan fingerprint density at radius 3 is 2.72 bits per heavy atom. The van der Waals surface area contributed by atoms with Crippen LogP contribution in [0.25, 0.3) is 22.1 Å². The molecule has 4 aliphatic rings. The number of furan rings is 1. The molecule has 3 aromatic heterocycles. The van der Waals surface area contributed by atoms with E-state index in [0.29, 0.717) is 43.2 Å². The molecule has 4 saturated heterocycles. The first-order valence-corrected chi connectivity index (χ1v) is 16.9. The van der Waals surface area contributed by atoms with E-state index >= 15 is 0 Å². The van der Waals surface area contributed by atoms with Gasteiger partial charge in [0.25, 0.3) is 6.43 Å². The Balaban J connectivity index is 1.15. The normalized spacial score (nSPS) is 26.5. The highest BCUT2D eigenvalue weighted by molar-refractivity contribution is 6.06. The molecule has 1 N–H and O–H groups in total. The lowest BCUT2D eigenvalue weighted by Crippen LogP contribution is -2.68. The summed E-state index contributed by atoms with van der Waals surface area (Å²) in [5.41, 5.74) is 1.53. The van der Waals surface area contributed by atoms with E-state index in [1.807, 2.05) is 6.07 Å². The molecule has 50 heavy (non-hydrogen) atoms. The van der Waals surface area contributed by atoms with Crippen LogP contribution in [0.4, 0.5) is 20.3 Å². The second-order valence-corrected chi connectivity index (χ2v) is 13.8. The average Bonchev–Trinajstić information content (AvgIpc) is 3.78. The van der Waals surface area contributed by atoms with Crippen molar-refractivity contribution in [1.82, 2.24) is 19.9 Å². The molecule has 0 radical (unpaired) electrons. The lowest BCUT2D eigenvalue weighted by molar-refractivity contribution is -0.228. The monoisotopic (exact) mass is 688 g/mol. The maximum Gasteiger partial charge on any atom is 0.326 e. The van der Waals surface area contributed by atoms with Gasteiger partial charge in [-0.1, -0.05) is 24.0 Å². The standard InChI is InChI=1S/C36H38F2N6O6/c1-21-36(19-47-20-36)48-14-13-43(21)25-15-22(9-11-35(2)10-6-12-42(35)3)17-39-33(25)49-23-16-26(34(45)46)44(18-23)32-29-28(40-31(41-32)30(37)38)24-7-4-5-8-27(24)50-29/h4-5,7-8,15,17,21,23,26,30H,6,10,12-14,16,18-20H2,1-3H3,(H,45,46)/t21-,23-,26-,35-/m0/s1. The predicted octanol–water partition coefficient (Wildman–Crippen LogP) is 4.65. The Labute approximate surface area is 287 Å². The van der Waals surface area contributed by atoms with Gasteiger partial charge in [0.1, 0.15) is 34.5 Å². The summed E-state index contributed by atoms with van der Waals surface area (Å²) in [6.45, 7) is 7.28. The lowest BCUT2D eigenvalue weighted by atomic mass is 9.90. The molecule has 0 amide bonds. The topological polar surface area (TPSA) is 127 Å². The molecule has 4 aliphatic heterocycles. The van der Waals surface area contributed by atoms with Crippen molar-refractivity contribution in [2.24, 2.45) is 0 Å². The summed E-state index contributed by atoms with van der Waals surface area (Å²) in [5, 5.41) is 10.9. The van der Waals surface area contributed by atoms with Crippen molar-refractivity contribution in [2.75, 3.05) is 56.3 Å². The zero-order chi connectivity index (χ0) is 34.8. The summed E-state index contributed by atoms with van der Waals surface area (Å²) in [5.74, 6) is 5.27. The summed E-state index contributed by atoms with van der Waals surface area (Å²) >= 11 is 0. The number of likely N-dealkylation sites (tertiary alicyclic amines) is 1. The Morgan fingerprint density at radius 1 is 1.18 bits per heavy atom. The van der Waals surface area contributed by atoms with Crippen molar-refractivity contribution < 1.29 is 37.3 Å². The Hall–Kier alpha value is -4.58. The summed E-state index contributed by atoms with van der Waals surface area (Å²) in [7, 11) is 2.09. The zero-order valence-corrected chi connectivity index (χ0v) is 28.1. The van der Waals surface area contributed by atoms with Gasteiger partial charge in [0.2, 0.25) is 5.88 Å². The van der Waals surface area contributed by atoms with Crippen LogP contribution in [-0.4, -0.2) is 107 Å². The summed E-state index contributed by atoms with van der Waals surface area (Å²) in [6.07, 6.45) is 0.144. The minimum absolute atomic E-state index is 0.0158. The number of rotatable bonds is 6. The maximum absolute atomic E-state index is 14.1. The molecular weight excluding hydrogens is 650 g/mol. The van der Waals surface area contributed by atoms with Crippen LogP contribution in [0, 0.1) is 11.8 Å². The number of carboxylic acids is 1. The van der Waals surface area contributed by atoms with Gasteiger partial charge in [0.05, 0.1) is 37.9 Å².